The Hall–Kier alpha value is -0.700. The summed E-state index contributed by atoms with van der Waals surface area (Å²) in [6, 6.07) is 16.2. The van der Waals surface area contributed by atoms with Gasteiger partial charge in [-0.3, -0.25) is 0 Å². The normalized spacial score (nSPS) is 11.0. The van der Waals surface area contributed by atoms with Crippen molar-refractivity contribution in [3.63, 3.8) is 0 Å². The Labute approximate surface area is 125 Å². The lowest BCUT2D eigenvalue weighted by molar-refractivity contribution is 1.42. The Balaban J connectivity index is 1.84. The average Bonchev–Trinajstić information content (AvgIpc) is 2.39. The summed E-state index contributed by atoms with van der Waals surface area (Å²) in [6.07, 6.45) is 2.12. The zero-order valence-corrected chi connectivity index (χ0v) is 12.8. The molecule has 0 aromatic heterocycles. The summed E-state index contributed by atoms with van der Waals surface area (Å²) in [5, 5.41) is 2.91. The van der Waals surface area contributed by atoms with Crippen LogP contribution in [0.2, 0.25) is 5.02 Å². The summed E-state index contributed by atoms with van der Waals surface area (Å²) in [6.45, 7) is 0. The van der Waals surface area contributed by atoms with Gasteiger partial charge in [0.05, 0.1) is 0 Å². The van der Waals surface area contributed by atoms with Gasteiger partial charge in [0.15, 0.2) is 0 Å². The van der Waals surface area contributed by atoms with Crippen LogP contribution in [0.4, 0.5) is 0 Å². The third-order valence-corrected chi connectivity index (χ3v) is 4.00. The minimum absolute atomic E-state index is 0.786. The second-order valence-electron chi connectivity index (χ2n) is 3.79. The Morgan fingerprint density at radius 1 is 1.00 bits per heavy atom. The van der Waals surface area contributed by atoms with Crippen LogP contribution in [0.25, 0.3) is 6.08 Å². The maximum Gasteiger partial charge on any atom is 0.0406 e. The fraction of sp³-hybridized carbons (Fsp3) is 0.0667. The van der Waals surface area contributed by atoms with Gasteiger partial charge in [-0.25, -0.2) is 0 Å². The lowest BCUT2D eigenvalue weighted by Gasteiger charge is -1.98. The quantitative estimate of drug-likeness (QED) is 0.657. The molecular weight excluding hydrogens is 328 g/mol. The molecule has 0 atom stereocenters. The first kappa shape index (κ1) is 13.7. The second-order valence-corrected chi connectivity index (χ2v) is 6.04. The van der Waals surface area contributed by atoms with Crippen LogP contribution in [0.15, 0.2) is 58.4 Å². The highest BCUT2D eigenvalue weighted by Crippen LogP contribution is 2.18. The first-order valence-corrected chi connectivity index (χ1v) is 7.74. The van der Waals surface area contributed by atoms with Crippen LogP contribution in [0, 0.1) is 0 Å². The zero-order valence-electron chi connectivity index (χ0n) is 9.64. The molecule has 0 aliphatic heterocycles. The van der Waals surface area contributed by atoms with Gasteiger partial charge in [-0.1, -0.05) is 51.8 Å². The van der Waals surface area contributed by atoms with Crippen LogP contribution >= 0.6 is 39.3 Å². The van der Waals surface area contributed by atoms with Crippen molar-refractivity contribution in [3.05, 3.63) is 74.6 Å². The first-order chi connectivity index (χ1) is 8.74. The van der Waals surface area contributed by atoms with Crippen molar-refractivity contribution in [2.45, 2.75) is 5.75 Å². The van der Waals surface area contributed by atoms with Crippen molar-refractivity contribution in [2.75, 3.05) is 0 Å². The van der Waals surface area contributed by atoms with Gasteiger partial charge in [0.1, 0.15) is 0 Å². The molecule has 0 N–H and O–H groups in total. The molecule has 3 heteroatoms. The van der Waals surface area contributed by atoms with E-state index in [9.17, 15) is 0 Å². The molecule has 0 saturated heterocycles. The minimum atomic E-state index is 0.786. The molecular formula is C15H12BrClS. The third kappa shape index (κ3) is 4.52. The molecule has 92 valence electrons. The number of rotatable bonds is 4. The molecule has 2 aromatic rings. The van der Waals surface area contributed by atoms with E-state index in [0.717, 1.165) is 15.2 Å². The number of benzene rings is 2. The van der Waals surface area contributed by atoms with E-state index in [1.54, 1.807) is 11.8 Å². The molecule has 2 rings (SSSR count). The van der Waals surface area contributed by atoms with Gasteiger partial charge in [0, 0.05) is 15.2 Å². The Morgan fingerprint density at radius 2 is 1.67 bits per heavy atom. The molecule has 0 aliphatic carbocycles. The zero-order chi connectivity index (χ0) is 12.8. The molecule has 0 unspecified atom stereocenters. The fourth-order valence-electron chi connectivity index (χ4n) is 1.43. The highest BCUT2D eigenvalue weighted by molar-refractivity contribution is 9.10. The van der Waals surface area contributed by atoms with Crippen molar-refractivity contribution in [1.82, 2.24) is 0 Å². The lowest BCUT2D eigenvalue weighted by atomic mass is 10.2. The van der Waals surface area contributed by atoms with Crippen LogP contribution in [0.3, 0.4) is 0 Å². The molecule has 0 fully saturated rings. The van der Waals surface area contributed by atoms with Crippen molar-refractivity contribution in [2.24, 2.45) is 0 Å². The summed E-state index contributed by atoms with van der Waals surface area (Å²) in [5.41, 5.74) is 2.49. The highest BCUT2D eigenvalue weighted by Gasteiger charge is 1.92. The Bertz CT molecular complexity index is 517. The Morgan fingerprint density at radius 3 is 2.33 bits per heavy atom. The van der Waals surface area contributed by atoms with Crippen LogP contribution in [-0.2, 0) is 5.75 Å². The lowest BCUT2D eigenvalue weighted by Crippen LogP contribution is -1.77. The molecule has 18 heavy (non-hydrogen) atoms. The van der Waals surface area contributed by atoms with Gasteiger partial charge in [-0.15, -0.1) is 11.8 Å². The van der Waals surface area contributed by atoms with Gasteiger partial charge >= 0.3 is 0 Å². The van der Waals surface area contributed by atoms with E-state index >= 15 is 0 Å². The van der Waals surface area contributed by atoms with Gasteiger partial charge in [-0.05, 0) is 46.9 Å². The molecule has 0 bridgehead atoms. The van der Waals surface area contributed by atoms with Crippen LogP contribution in [-0.4, -0.2) is 0 Å². The largest absolute Gasteiger partial charge is 0.129 e. The monoisotopic (exact) mass is 338 g/mol. The third-order valence-electron chi connectivity index (χ3n) is 2.39. The fourth-order valence-corrected chi connectivity index (χ4v) is 2.55. The molecule has 0 saturated carbocycles. The van der Waals surface area contributed by atoms with E-state index in [-0.39, 0.29) is 0 Å². The first-order valence-electron chi connectivity index (χ1n) is 5.52. The van der Waals surface area contributed by atoms with Gasteiger partial charge in [0.2, 0.25) is 0 Å². The molecule has 0 spiro atoms. The number of halogens is 2. The smallest absolute Gasteiger partial charge is 0.0406 e. The SMILES string of the molecule is Clc1ccc(CS/C=C\c2ccc(Br)cc2)cc1. The summed E-state index contributed by atoms with van der Waals surface area (Å²) >= 11 is 11.0. The molecule has 0 nitrogen and oxygen atoms in total. The van der Waals surface area contributed by atoms with Gasteiger partial charge < -0.3 is 0 Å². The number of thioether (sulfide) groups is 1. The highest BCUT2D eigenvalue weighted by atomic mass is 79.9. The molecule has 2 aromatic carbocycles. The molecule has 0 radical (unpaired) electrons. The standard InChI is InChI=1S/C15H12BrClS/c16-14-5-1-12(2-6-14)9-10-18-11-13-3-7-15(17)8-4-13/h1-10H,11H2/b10-9-. The van der Waals surface area contributed by atoms with Crippen molar-refractivity contribution >= 4 is 45.4 Å². The van der Waals surface area contributed by atoms with Crippen LogP contribution < -0.4 is 0 Å². The minimum Gasteiger partial charge on any atom is -0.129 e. The number of hydrogen-bond donors (Lipinski definition) is 0. The van der Waals surface area contributed by atoms with E-state index in [0.29, 0.717) is 0 Å². The second kappa shape index (κ2) is 7.03. The number of hydrogen-bond acceptors (Lipinski definition) is 1. The maximum atomic E-state index is 5.84. The summed E-state index contributed by atoms with van der Waals surface area (Å²) in [7, 11) is 0. The van der Waals surface area contributed by atoms with E-state index in [2.05, 4.69) is 51.7 Å². The van der Waals surface area contributed by atoms with Gasteiger partial charge in [-0.2, -0.15) is 0 Å². The predicted molar refractivity (Wildman–Crippen MR) is 85.9 cm³/mol. The maximum absolute atomic E-state index is 5.84. The van der Waals surface area contributed by atoms with Crippen molar-refractivity contribution in [3.8, 4) is 0 Å². The topological polar surface area (TPSA) is 0 Å². The molecule has 0 amide bonds. The summed E-state index contributed by atoms with van der Waals surface area (Å²) in [5.74, 6) is 0.962. The van der Waals surface area contributed by atoms with E-state index in [1.807, 2.05) is 24.3 Å². The summed E-state index contributed by atoms with van der Waals surface area (Å²) < 4.78 is 1.11. The van der Waals surface area contributed by atoms with E-state index in [1.165, 1.54) is 11.1 Å². The van der Waals surface area contributed by atoms with Gasteiger partial charge in [0.25, 0.3) is 0 Å². The van der Waals surface area contributed by atoms with Crippen molar-refractivity contribution in [1.29, 1.82) is 0 Å². The molecule has 0 heterocycles. The molecule has 0 aliphatic rings. The van der Waals surface area contributed by atoms with E-state index < -0.39 is 0 Å². The van der Waals surface area contributed by atoms with Crippen LogP contribution in [0.5, 0.6) is 0 Å². The van der Waals surface area contributed by atoms with Crippen molar-refractivity contribution < 1.29 is 0 Å². The average molecular weight is 340 g/mol. The van der Waals surface area contributed by atoms with E-state index in [4.69, 9.17) is 11.6 Å². The Kier molecular flexibility index (Phi) is 5.36. The predicted octanol–water partition coefficient (Wildman–Crippen LogP) is 6.01. The van der Waals surface area contributed by atoms with Crippen LogP contribution in [0.1, 0.15) is 11.1 Å². The summed E-state index contributed by atoms with van der Waals surface area (Å²) in [4.78, 5) is 0.